The van der Waals surface area contributed by atoms with E-state index in [1.165, 1.54) is 0 Å². The van der Waals surface area contributed by atoms with E-state index in [0.29, 0.717) is 46.0 Å². The maximum atomic E-state index is 14.4. The highest BCUT2D eigenvalue weighted by atomic mass is 79.9. The van der Waals surface area contributed by atoms with Gasteiger partial charge in [0.05, 0.1) is 12.2 Å². The molecule has 0 aliphatic carbocycles. The van der Waals surface area contributed by atoms with Gasteiger partial charge in [-0.1, -0.05) is 63.5 Å². The molecule has 2 atom stereocenters. The van der Waals surface area contributed by atoms with Crippen LogP contribution in [0.15, 0.2) is 106 Å². The number of halogens is 5. The molecule has 0 saturated carbocycles. The summed E-state index contributed by atoms with van der Waals surface area (Å²) >= 11 is 3.55. The lowest BCUT2D eigenvalue weighted by molar-refractivity contribution is -0.138. The van der Waals surface area contributed by atoms with E-state index in [0.717, 1.165) is 12.1 Å². The predicted octanol–water partition coefficient (Wildman–Crippen LogP) is 7.63. The molecule has 1 amide bonds. The highest BCUT2D eigenvalue weighted by molar-refractivity contribution is 9.10. The van der Waals surface area contributed by atoms with Crippen LogP contribution in [0.2, 0.25) is 0 Å². The van der Waals surface area contributed by atoms with Gasteiger partial charge in [-0.25, -0.2) is 14.8 Å². The van der Waals surface area contributed by atoms with Crippen LogP contribution in [-0.2, 0) is 28.7 Å². The number of aliphatic hydroxyl groups excluding tert-OH is 1. The number of rotatable bonds is 13. The summed E-state index contributed by atoms with van der Waals surface area (Å²) in [6.07, 6.45) is -5.51. The normalized spacial score (nSPS) is 17.1. The predicted molar refractivity (Wildman–Crippen MR) is 176 cm³/mol. The van der Waals surface area contributed by atoms with Gasteiger partial charge in [-0.05, 0) is 65.2 Å². The van der Waals surface area contributed by atoms with Crippen molar-refractivity contribution in [2.24, 2.45) is 10.1 Å². The molecule has 0 radical (unpaired) electrons. The lowest BCUT2D eigenvalue weighted by Crippen LogP contribution is -2.53. The number of nitrogens with one attached hydrogen (secondary N) is 2. The summed E-state index contributed by atoms with van der Waals surface area (Å²) in [5, 5.41) is 12.8. The maximum absolute atomic E-state index is 14.4. The fourth-order valence-corrected chi connectivity index (χ4v) is 5.79. The van der Waals surface area contributed by atoms with Crippen molar-refractivity contribution in [3.05, 3.63) is 140 Å². The van der Waals surface area contributed by atoms with Crippen LogP contribution < -0.4 is 15.6 Å². The van der Waals surface area contributed by atoms with Crippen molar-refractivity contribution in [2.75, 3.05) is 13.2 Å². The number of azide groups is 1. The standard InChI is InChI=1S/C34H29BrF4N6O4/c35-28-8-3-2-7-27(28)30-33(19-23-6-1-4-9-29(23)43-45-40,42-31(49-30)22-10-12-26(13-11-22)48-15-5-14-46)32(47)44-41-20-21-16-24(34(37,38)39)18-25(36)17-21/h1-4,6-13,16-18,30,41,46H,5,14-15,19-20H2,(H,44,47)/t30-,33-/m0/s1. The molecule has 0 unspecified atom stereocenters. The van der Waals surface area contributed by atoms with Crippen LogP contribution in [0, 0.1) is 5.82 Å². The first-order valence-corrected chi connectivity index (χ1v) is 15.7. The van der Waals surface area contributed by atoms with Crippen molar-refractivity contribution in [1.29, 1.82) is 0 Å². The molecule has 0 spiro atoms. The Morgan fingerprint density at radius 1 is 1.08 bits per heavy atom. The van der Waals surface area contributed by atoms with E-state index in [1.54, 1.807) is 72.8 Å². The summed E-state index contributed by atoms with van der Waals surface area (Å²) in [6, 6.07) is 22.6. The zero-order valence-corrected chi connectivity index (χ0v) is 27.2. The number of carbonyl (C=O) groups is 1. The smallest absolute Gasteiger partial charge is 0.416 e. The van der Waals surface area contributed by atoms with Gasteiger partial charge in [-0.15, -0.1) is 0 Å². The Balaban J connectivity index is 1.55. The molecule has 1 aliphatic rings. The zero-order chi connectivity index (χ0) is 35.0. The van der Waals surface area contributed by atoms with Gasteiger partial charge < -0.3 is 14.6 Å². The second kappa shape index (κ2) is 15.5. The van der Waals surface area contributed by atoms with Crippen molar-refractivity contribution in [1.82, 2.24) is 10.9 Å². The lowest BCUT2D eigenvalue weighted by atomic mass is 9.81. The van der Waals surface area contributed by atoms with E-state index in [1.807, 2.05) is 0 Å². The van der Waals surface area contributed by atoms with Gasteiger partial charge in [-0.3, -0.25) is 10.2 Å². The lowest BCUT2D eigenvalue weighted by Gasteiger charge is -2.31. The van der Waals surface area contributed by atoms with Crippen LogP contribution in [-0.4, -0.2) is 35.7 Å². The summed E-state index contributed by atoms with van der Waals surface area (Å²) in [7, 11) is 0. The highest BCUT2D eigenvalue weighted by Gasteiger charge is 2.54. The van der Waals surface area contributed by atoms with Crippen LogP contribution in [0.5, 0.6) is 5.75 Å². The van der Waals surface area contributed by atoms with Crippen molar-refractivity contribution >= 4 is 33.4 Å². The summed E-state index contributed by atoms with van der Waals surface area (Å²) in [5.74, 6) is -1.16. The molecule has 254 valence electrons. The molecule has 10 nitrogen and oxygen atoms in total. The third kappa shape index (κ3) is 8.38. The Hall–Kier alpha value is -4.95. The zero-order valence-electron chi connectivity index (χ0n) is 25.6. The van der Waals surface area contributed by atoms with E-state index in [-0.39, 0.29) is 36.7 Å². The fourth-order valence-electron chi connectivity index (χ4n) is 5.29. The number of ether oxygens (including phenoxy) is 2. The Kier molecular flexibility index (Phi) is 11.2. The molecular weight excluding hydrogens is 712 g/mol. The number of carbonyl (C=O) groups excluding carboxylic acids is 1. The molecule has 0 fully saturated rings. The Morgan fingerprint density at radius 2 is 1.82 bits per heavy atom. The molecule has 4 aromatic rings. The Bertz CT molecular complexity index is 1890. The summed E-state index contributed by atoms with van der Waals surface area (Å²) < 4.78 is 66.7. The largest absolute Gasteiger partial charge is 0.494 e. The van der Waals surface area contributed by atoms with Gasteiger partial charge in [-0.2, -0.15) is 13.2 Å². The van der Waals surface area contributed by atoms with Gasteiger partial charge in [0.1, 0.15) is 11.6 Å². The monoisotopic (exact) mass is 740 g/mol. The number of nitrogens with zero attached hydrogens (tertiary/aromatic N) is 4. The minimum Gasteiger partial charge on any atom is -0.494 e. The minimum atomic E-state index is -4.77. The third-order valence-corrected chi connectivity index (χ3v) is 8.32. The number of hydrogen-bond acceptors (Lipinski definition) is 7. The molecule has 5 rings (SSSR count). The summed E-state index contributed by atoms with van der Waals surface area (Å²) in [6.45, 7) is -0.0595. The van der Waals surface area contributed by atoms with Crippen LogP contribution >= 0.6 is 15.9 Å². The molecule has 0 saturated heterocycles. The number of benzene rings is 4. The highest BCUT2D eigenvalue weighted by Crippen LogP contribution is 2.45. The van der Waals surface area contributed by atoms with Gasteiger partial charge in [0, 0.05) is 52.2 Å². The molecule has 15 heteroatoms. The molecule has 0 bridgehead atoms. The van der Waals surface area contributed by atoms with Gasteiger partial charge in [0.2, 0.25) is 5.90 Å². The number of aliphatic imine (C=N–C) groups is 1. The fraction of sp³-hybridized carbons (Fsp3) is 0.235. The van der Waals surface area contributed by atoms with E-state index >= 15 is 0 Å². The van der Waals surface area contributed by atoms with E-state index < -0.39 is 35.1 Å². The van der Waals surface area contributed by atoms with Crippen molar-refractivity contribution in [2.45, 2.75) is 37.2 Å². The van der Waals surface area contributed by atoms with Gasteiger partial charge in [0.25, 0.3) is 5.91 Å². The molecule has 4 aromatic carbocycles. The second-order valence-corrected chi connectivity index (χ2v) is 11.8. The topological polar surface area (TPSA) is 141 Å². The molecule has 3 N–H and O–H groups in total. The first-order valence-electron chi connectivity index (χ1n) is 14.9. The first kappa shape index (κ1) is 35.4. The summed E-state index contributed by atoms with van der Waals surface area (Å²) in [5.41, 5.74) is 13.2. The maximum Gasteiger partial charge on any atom is 0.416 e. The number of aliphatic hydroxyl groups is 1. The molecule has 49 heavy (non-hydrogen) atoms. The molecule has 0 aromatic heterocycles. The molecule has 1 aliphatic heterocycles. The first-order chi connectivity index (χ1) is 23.5. The number of alkyl halides is 3. The average Bonchev–Trinajstić information content (AvgIpc) is 3.46. The van der Waals surface area contributed by atoms with Crippen molar-refractivity contribution in [3.63, 3.8) is 0 Å². The molecule has 1 heterocycles. The number of amides is 1. The summed E-state index contributed by atoms with van der Waals surface area (Å²) in [4.78, 5) is 22.2. The SMILES string of the molecule is [N-]=[N+]=Nc1ccccc1C[C@]1(C(=O)NNCc2cc(F)cc(C(F)(F)F)c2)N=C(c2ccc(OCCCO)cc2)O[C@H]1c1ccccc1Br. The van der Waals surface area contributed by atoms with Gasteiger partial charge in [0.15, 0.2) is 11.6 Å². The Morgan fingerprint density at radius 3 is 2.53 bits per heavy atom. The van der Waals surface area contributed by atoms with Crippen molar-refractivity contribution < 1.29 is 36.9 Å². The Labute approximate surface area is 286 Å². The quantitative estimate of drug-likeness (QED) is 0.0323. The van der Waals surface area contributed by atoms with Crippen LogP contribution in [0.3, 0.4) is 0 Å². The second-order valence-electron chi connectivity index (χ2n) is 11.0. The average molecular weight is 742 g/mol. The minimum absolute atomic E-state index is 0.0161. The van der Waals surface area contributed by atoms with Crippen LogP contribution in [0.1, 0.15) is 40.3 Å². The van der Waals surface area contributed by atoms with Gasteiger partial charge >= 0.3 is 6.18 Å². The van der Waals surface area contributed by atoms with Crippen molar-refractivity contribution in [3.8, 4) is 5.75 Å². The number of hydrazine groups is 1. The van der Waals surface area contributed by atoms with Crippen LogP contribution in [0.4, 0.5) is 23.2 Å². The number of hydrogen-bond donors (Lipinski definition) is 3. The van der Waals surface area contributed by atoms with E-state index in [2.05, 4.69) is 36.8 Å². The molecular formula is C34H29BrF4N6O4. The van der Waals surface area contributed by atoms with Crippen LogP contribution in [0.25, 0.3) is 10.4 Å². The third-order valence-electron chi connectivity index (χ3n) is 7.60. The van der Waals surface area contributed by atoms with E-state index in [9.17, 15) is 27.9 Å². The van der Waals surface area contributed by atoms with E-state index in [4.69, 9.17) is 19.6 Å².